The van der Waals surface area contributed by atoms with Crippen LogP contribution >= 0.6 is 0 Å². The summed E-state index contributed by atoms with van der Waals surface area (Å²) in [6.45, 7) is 3.99. The summed E-state index contributed by atoms with van der Waals surface area (Å²) in [5.74, 6) is -0.737. The van der Waals surface area contributed by atoms with Crippen LogP contribution in [0.5, 0.6) is 0 Å². The Morgan fingerprint density at radius 2 is 1.83 bits per heavy atom. The van der Waals surface area contributed by atoms with Gasteiger partial charge in [-0.15, -0.1) is 0 Å². The van der Waals surface area contributed by atoms with Gasteiger partial charge in [-0.25, -0.2) is 4.79 Å². The van der Waals surface area contributed by atoms with Gasteiger partial charge in [0.15, 0.2) is 6.61 Å². The Morgan fingerprint density at radius 1 is 1.10 bits per heavy atom. The quantitative estimate of drug-likeness (QED) is 0.550. The molecule has 1 amide bonds. The van der Waals surface area contributed by atoms with Gasteiger partial charge >= 0.3 is 5.97 Å². The molecule has 0 aliphatic carbocycles. The molecule has 0 radical (unpaired) electrons. The third-order valence-electron chi connectivity index (χ3n) is 4.88. The molecule has 0 fully saturated rings. The van der Waals surface area contributed by atoms with Crippen molar-refractivity contribution in [2.45, 2.75) is 32.8 Å². The second-order valence-electron chi connectivity index (χ2n) is 6.86. The fourth-order valence-corrected chi connectivity index (χ4v) is 3.19. The number of hydrogen-bond acceptors (Lipinski definition) is 5. The lowest BCUT2D eigenvalue weighted by atomic mass is 9.97. The zero-order valence-corrected chi connectivity index (χ0v) is 16.9. The molecule has 3 aromatic rings. The van der Waals surface area contributed by atoms with E-state index in [1.165, 1.54) is 0 Å². The Kier molecular flexibility index (Phi) is 6.67. The van der Waals surface area contributed by atoms with Gasteiger partial charge in [0.05, 0.1) is 6.61 Å². The topological polar surface area (TPSA) is 77.8 Å². The molecule has 1 aromatic heterocycles. The predicted molar refractivity (Wildman–Crippen MR) is 111 cm³/mol. The minimum Gasteiger partial charge on any atom is -0.450 e. The lowest BCUT2D eigenvalue weighted by Gasteiger charge is -2.15. The number of anilines is 1. The van der Waals surface area contributed by atoms with Gasteiger partial charge in [0, 0.05) is 23.7 Å². The van der Waals surface area contributed by atoms with Crippen LogP contribution in [0.3, 0.4) is 0 Å². The number of ether oxygens (including phenoxy) is 2. The zero-order valence-electron chi connectivity index (χ0n) is 16.9. The molecule has 1 N–H and O–H groups in total. The Morgan fingerprint density at radius 3 is 2.59 bits per heavy atom. The number of rotatable bonds is 8. The molecule has 1 heterocycles. The lowest BCUT2D eigenvalue weighted by molar-refractivity contribution is -0.119. The summed E-state index contributed by atoms with van der Waals surface area (Å²) in [6.07, 6.45) is 0.955. The Bertz CT molecular complexity index is 1010. The predicted octanol–water partition coefficient (Wildman–Crippen LogP) is 4.89. The van der Waals surface area contributed by atoms with Crippen molar-refractivity contribution in [1.29, 1.82) is 0 Å². The summed E-state index contributed by atoms with van der Waals surface area (Å²) in [5, 5.41) is 3.61. The fraction of sp³-hybridized carbons (Fsp3) is 0.304. The minimum atomic E-state index is -0.696. The fourth-order valence-electron chi connectivity index (χ4n) is 3.19. The number of para-hydroxylation sites is 2. The van der Waals surface area contributed by atoms with Crippen LogP contribution in [-0.2, 0) is 20.9 Å². The van der Waals surface area contributed by atoms with Crippen LogP contribution in [0.2, 0.25) is 0 Å². The molecular formula is C23H25NO5. The molecule has 0 spiro atoms. The summed E-state index contributed by atoms with van der Waals surface area (Å²) in [6, 6.07) is 14.9. The van der Waals surface area contributed by atoms with E-state index in [0.29, 0.717) is 17.1 Å². The molecule has 0 bridgehead atoms. The molecule has 0 unspecified atom stereocenters. The van der Waals surface area contributed by atoms with Crippen LogP contribution in [0.4, 0.5) is 5.69 Å². The van der Waals surface area contributed by atoms with E-state index in [1.807, 2.05) is 42.5 Å². The number of carbonyl (C=O) groups excluding carboxylic acids is 2. The van der Waals surface area contributed by atoms with E-state index in [1.54, 1.807) is 13.2 Å². The normalized spacial score (nSPS) is 12.0. The van der Waals surface area contributed by atoms with Crippen LogP contribution in [0.1, 0.15) is 47.9 Å². The molecule has 2 aromatic carbocycles. The lowest BCUT2D eigenvalue weighted by Crippen LogP contribution is -2.22. The molecule has 29 heavy (non-hydrogen) atoms. The first-order valence-electron chi connectivity index (χ1n) is 9.60. The van der Waals surface area contributed by atoms with Gasteiger partial charge in [0.25, 0.3) is 5.91 Å². The average molecular weight is 395 g/mol. The molecule has 0 saturated carbocycles. The molecule has 152 valence electrons. The van der Waals surface area contributed by atoms with E-state index in [-0.39, 0.29) is 12.4 Å². The van der Waals surface area contributed by atoms with Crippen LogP contribution < -0.4 is 5.32 Å². The first-order valence-corrected chi connectivity index (χ1v) is 9.60. The van der Waals surface area contributed by atoms with E-state index in [0.717, 1.165) is 23.1 Å². The van der Waals surface area contributed by atoms with E-state index in [9.17, 15) is 9.59 Å². The summed E-state index contributed by atoms with van der Waals surface area (Å²) in [7, 11) is 1.54. The maximum Gasteiger partial charge on any atom is 0.375 e. The number of hydrogen-bond donors (Lipinski definition) is 1. The number of fused-ring (bicyclic) bond motifs is 1. The maximum absolute atomic E-state index is 12.5. The monoisotopic (exact) mass is 395 g/mol. The second-order valence-corrected chi connectivity index (χ2v) is 6.86. The highest BCUT2D eigenvalue weighted by Crippen LogP contribution is 2.28. The second kappa shape index (κ2) is 9.39. The maximum atomic E-state index is 12.5. The summed E-state index contributed by atoms with van der Waals surface area (Å²) < 4.78 is 16.0. The van der Waals surface area contributed by atoms with Crippen molar-refractivity contribution in [1.82, 2.24) is 0 Å². The number of nitrogens with one attached hydrogen (secondary N) is 1. The van der Waals surface area contributed by atoms with E-state index >= 15 is 0 Å². The summed E-state index contributed by atoms with van der Waals surface area (Å²) in [4.78, 5) is 24.9. The standard InChI is InChI=1S/C23H25NO5/c1-4-15(2)16-9-5-7-11-19(16)24-21(25)14-28-23(26)22-18(13-27-3)17-10-6-8-12-20(17)29-22/h5-12,15H,4,13-14H2,1-3H3,(H,24,25)/t15-/m1/s1. The van der Waals surface area contributed by atoms with Gasteiger partial charge in [-0.05, 0) is 30.0 Å². The van der Waals surface area contributed by atoms with Crippen molar-refractivity contribution in [3.05, 3.63) is 65.4 Å². The Hall–Kier alpha value is -3.12. The molecule has 6 heteroatoms. The third kappa shape index (κ3) is 4.66. The summed E-state index contributed by atoms with van der Waals surface area (Å²) >= 11 is 0. The smallest absolute Gasteiger partial charge is 0.375 e. The van der Waals surface area contributed by atoms with Crippen LogP contribution in [0, 0.1) is 0 Å². The van der Waals surface area contributed by atoms with Gasteiger partial charge in [0.1, 0.15) is 5.58 Å². The third-order valence-corrected chi connectivity index (χ3v) is 4.88. The van der Waals surface area contributed by atoms with Crippen LogP contribution in [-0.4, -0.2) is 25.6 Å². The molecule has 0 aliphatic heterocycles. The number of carbonyl (C=O) groups is 2. The van der Waals surface area contributed by atoms with Gasteiger partial charge in [-0.3, -0.25) is 4.79 Å². The van der Waals surface area contributed by atoms with Crippen molar-refractivity contribution in [3.63, 3.8) is 0 Å². The van der Waals surface area contributed by atoms with Crippen molar-refractivity contribution in [2.24, 2.45) is 0 Å². The molecule has 6 nitrogen and oxygen atoms in total. The average Bonchev–Trinajstić information content (AvgIpc) is 3.11. The zero-order chi connectivity index (χ0) is 20.8. The highest BCUT2D eigenvalue weighted by molar-refractivity contribution is 5.98. The van der Waals surface area contributed by atoms with E-state index < -0.39 is 18.5 Å². The number of methoxy groups -OCH3 is 1. The molecule has 0 aliphatic rings. The van der Waals surface area contributed by atoms with Gasteiger partial charge in [-0.2, -0.15) is 0 Å². The molecule has 3 rings (SSSR count). The molecule has 1 atom stereocenters. The van der Waals surface area contributed by atoms with E-state index in [2.05, 4.69) is 19.2 Å². The highest BCUT2D eigenvalue weighted by Gasteiger charge is 2.22. The summed E-state index contributed by atoms with van der Waals surface area (Å²) in [5.41, 5.74) is 2.95. The van der Waals surface area contributed by atoms with Crippen LogP contribution in [0.15, 0.2) is 52.9 Å². The van der Waals surface area contributed by atoms with Crippen molar-refractivity contribution >= 4 is 28.5 Å². The Labute approximate surface area is 169 Å². The first kappa shape index (κ1) is 20.6. The van der Waals surface area contributed by atoms with Gasteiger partial charge in [-0.1, -0.05) is 50.2 Å². The van der Waals surface area contributed by atoms with E-state index in [4.69, 9.17) is 13.9 Å². The minimum absolute atomic E-state index is 0.0563. The van der Waals surface area contributed by atoms with Gasteiger partial charge < -0.3 is 19.2 Å². The number of esters is 1. The molecule has 0 saturated heterocycles. The first-order chi connectivity index (χ1) is 14.0. The Balaban J connectivity index is 1.69. The SMILES string of the molecule is CC[C@@H](C)c1ccccc1NC(=O)COC(=O)c1oc2ccccc2c1COC. The van der Waals surface area contributed by atoms with Crippen molar-refractivity contribution in [3.8, 4) is 0 Å². The molecular weight excluding hydrogens is 370 g/mol. The van der Waals surface area contributed by atoms with Crippen molar-refractivity contribution in [2.75, 3.05) is 19.0 Å². The highest BCUT2D eigenvalue weighted by atomic mass is 16.5. The van der Waals surface area contributed by atoms with Crippen molar-refractivity contribution < 1.29 is 23.5 Å². The van der Waals surface area contributed by atoms with Gasteiger partial charge in [0.2, 0.25) is 5.76 Å². The number of benzene rings is 2. The van der Waals surface area contributed by atoms with Crippen LogP contribution in [0.25, 0.3) is 11.0 Å². The number of amides is 1. The largest absolute Gasteiger partial charge is 0.450 e. The number of furan rings is 1.